The van der Waals surface area contributed by atoms with Gasteiger partial charge in [0.05, 0.1) is 11.0 Å². The average Bonchev–Trinajstić information content (AvgIpc) is 2.82. The minimum Gasteiger partial charge on any atom is -0.333 e. The Bertz CT molecular complexity index is 613. The third-order valence-corrected chi connectivity index (χ3v) is 3.97. The van der Waals surface area contributed by atoms with Gasteiger partial charge in [-0.05, 0) is 24.6 Å². The van der Waals surface area contributed by atoms with E-state index in [2.05, 4.69) is 47.2 Å². The second-order valence-corrected chi connectivity index (χ2v) is 5.56. The lowest BCUT2D eigenvalue weighted by Gasteiger charge is -2.08. The van der Waals surface area contributed by atoms with Crippen LogP contribution >= 0.6 is 11.8 Å². The predicted octanol–water partition coefficient (Wildman–Crippen LogP) is 4.42. The number of nitrogens with one attached hydrogen (secondary N) is 1. The molecular weight excluding hydrogens is 240 g/mol. The Kier molecular flexibility index (Phi) is 3.07. The Morgan fingerprint density at radius 1 is 1.00 bits per heavy atom. The monoisotopic (exact) mass is 254 g/mol. The van der Waals surface area contributed by atoms with Crippen molar-refractivity contribution in [3.8, 4) is 0 Å². The van der Waals surface area contributed by atoms with Crippen LogP contribution < -0.4 is 0 Å². The van der Waals surface area contributed by atoms with Gasteiger partial charge < -0.3 is 4.98 Å². The summed E-state index contributed by atoms with van der Waals surface area (Å²) in [5.41, 5.74) is 3.45. The zero-order chi connectivity index (χ0) is 12.4. The Hall–Kier alpha value is -1.74. The summed E-state index contributed by atoms with van der Waals surface area (Å²) in [5.74, 6) is 0. The maximum absolute atomic E-state index is 4.59. The van der Waals surface area contributed by atoms with Crippen molar-refractivity contribution in [3.63, 3.8) is 0 Å². The molecule has 2 nitrogen and oxygen atoms in total. The molecule has 1 aromatic heterocycles. The summed E-state index contributed by atoms with van der Waals surface area (Å²) in [5, 5.41) is 1.37. The molecule has 0 saturated carbocycles. The third-order valence-electron chi connectivity index (χ3n) is 2.93. The molecule has 1 atom stereocenters. The van der Waals surface area contributed by atoms with Gasteiger partial charge in [-0.1, -0.05) is 54.2 Å². The second kappa shape index (κ2) is 4.86. The Labute approximate surface area is 110 Å². The Morgan fingerprint density at radius 3 is 2.50 bits per heavy atom. The van der Waals surface area contributed by atoms with Crippen LogP contribution in [0.3, 0.4) is 0 Å². The van der Waals surface area contributed by atoms with Gasteiger partial charge in [0.2, 0.25) is 0 Å². The first-order valence-electron chi connectivity index (χ1n) is 5.99. The van der Waals surface area contributed by atoms with Crippen LogP contribution in [-0.4, -0.2) is 9.97 Å². The number of para-hydroxylation sites is 2. The smallest absolute Gasteiger partial charge is 0.166 e. The predicted molar refractivity (Wildman–Crippen MR) is 76.8 cm³/mol. The molecule has 0 spiro atoms. The standard InChI is InChI=1S/C15H14N2S/c1-11(12-7-3-2-4-8-12)18-15-16-13-9-5-6-10-14(13)17-15/h2-11H,1H3,(H,16,17)/t11-/m0/s1. The lowest BCUT2D eigenvalue weighted by atomic mass is 10.2. The number of H-pyrrole nitrogens is 1. The highest BCUT2D eigenvalue weighted by atomic mass is 32.2. The molecule has 3 aromatic rings. The topological polar surface area (TPSA) is 28.7 Å². The number of aromatic nitrogens is 2. The molecule has 1 heterocycles. The van der Waals surface area contributed by atoms with Gasteiger partial charge in [-0.25, -0.2) is 4.98 Å². The number of benzene rings is 2. The van der Waals surface area contributed by atoms with E-state index in [-0.39, 0.29) is 0 Å². The van der Waals surface area contributed by atoms with Gasteiger partial charge >= 0.3 is 0 Å². The molecule has 0 fully saturated rings. The van der Waals surface area contributed by atoms with Crippen LogP contribution in [0.25, 0.3) is 11.0 Å². The highest BCUT2D eigenvalue weighted by molar-refractivity contribution is 7.99. The first-order valence-corrected chi connectivity index (χ1v) is 6.87. The molecule has 0 radical (unpaired) electrons. The molecule has 0 aliphatic heterocycles. The largest absolute Gasteiger partial charge is 0.333 e. The van der Waals surface area contributed by atoms with Crippen molar-refractivity contribution in [1.29, 1.82) is 0 Å². The lowest BCUT2D eigenvalue weighted by molar-refractivity contribution is 1.03. The number of rotatable bonds is 3. The normalized spacial score (nSPS) is 12.7. The number of hydrogen-bond acceptors (Lipinski definition) is 2. The minimum absolute atomic E-state index is 0.395. The van der Waals surface area contributed by atoms with Crippen LogP contribution in [0.1, 0.15) is 17.7 Å². The maximum atomic E-state index is 4.59. The van der Waals surface area contributed by atoms with E-state index in [0.717, 1.165) is 16.2 Å². The summed E-state index contributed by atoms with van der Waals surface area (Å²) in [6, 6.07) is 18.6. The maximum Gasteiger partial charge on any atom is 0.166 e. The molecule has 0 aliphatic carbocycles. The highest BCUT2D eigenvalue weighted by Gasteiger charge is 2.10. The molecule has 3 heteroatoms. The zero-order valence-corrected chi connectivity index (χ0v) is 10.9. The highest BCUT2D eigenvalue weighted by Crippen LogP contribution is 2.33. The summed E-state index contributed by atoms with van der Waals surface area (Å²) in [4.78, 5) is 7.93. The molecule has 0 amide bonds. The summed E-state index contributed by atoms with van der Waals surface area (Å²) in [7, 11) is 0. The number of nitrogens with zero attached hydrogens (tertiary/aromatic N) is 1. The van der Waals surface area contributed by atoms with Gasteiger partial charge in [0.1, 0.15) is 0 Å². The number of aromatic amines is 1. The van der Waals surface area contributed by atoms with E-state index in [4.69, 9.17) is 0 Å². The molecule has 0 bridgehead atoms. The summed E-state index contributed by atoms with van der Waals surface area (Å²) in [6.07, 6.45) is 0. The fraction of sp³-hybridized carbons (Fsp3) is 0.133. The van der Waals surface area contributed by atoms with Gasteiger partial charge in [0.25, 0.3) is 0 Å². The molecule has 3 rings (SSSR count). The molecule has 0 aliphatic rings. The molecule has 0 saturated heterocycles. The third kappa shape index (κ3) is 2.27. The fourth-order valence-corrected chi connectivity index (χ4v) is 2.89. The number of thioether (sulfide) groups is 1. The van der Waals surface area contributed by atoms with Crippen LogP contribution in [0.15, 0.2) is 59.8 Å². The lowest BCUT2D eigenvalue weighted by Crippen LogP contribution is -1.88. The van der Waals surface area contributed by atoms with Crippen LogP contribution in [0.2, 0.25) is 0 Å². The van der Waals surface area contributed by atoms with E-state index in [1.165, 1.54) is 5.56 Å². The van der Waals surface area contributed by atoms with E-state index < -0.39 is 0 Å². The van der Waals surface area contributed by atoms with E-state index in [1.54, 1.807) is 11.8 Å². The first-order chi connectivity index (χ1) is 8.83. The van der Waals surface area contributed by atoms with E-state index in [0.29, 0.717) is 5.25 Å². The Morgan fingerprint density at radius 2 is 1.72 bits per heavy atom. The summed E-state index contributed by atoms with van der Waals surface area (Å²) in [6.45, 7) is 2.20. The number of hydrogen-bond donors (Lipinski definition) is 1. The summed E-state index contributed by atoms with van der Waals surface area (Å²) < 4.78 is 0. The van der Waals surface area contributed by atoms with E-state index in [1.807, 2.05) is 24.3 Å². The quantitative estimate of drug-likeness (QED) is 0.701. The van der Waals surface area contributed by atoms with Gasteiger partial charge in [-0.2, -0.15) is 0 Å². The van der Waals surface area contributed by atoms with Crippen molar-refractivity contribution in [2.75, 3.05) is 0 Å². The van der Waals surface area contributed by atoms with Crippen molar-refractivity contribution in [3.05, 3.63) is 60.2 Å². The van der Waals surface area contributed by atoms with Crippen molar-refractivity contribution in [2.45, 2.75) is 17.3 Å². The SMILES string of the molecule is C[C@H](Sc1nc2ccccc2[nH]1)c1ccccc1. The van der Waals surface area contributed by atoms with Crippen molar-refractivity contribution in [1.82, 2.24) is 9.97 Å². The van der Waals surface area contributed by atoms with Crippen molar-refractivity contribution >= 4 is 22.8 Å². The molecule has 90 valence electrons. The number of fused-ring (bicyclic) bond motifs is 1. The first kappa shape index (κ1) is 11.4. The molecule has 2 aromatic carbocycles. The zero-order valence-electron chi connectivity index (χ0n) is 10.1. The van der Waals surface area contributed by atoms with E-state index in [9.17, 15) is 0 Å². The van der Waals surface area contributed by atoms with Crippen molar-refractivity contribution in [2.24, 2.45) is 0 Å². The molecular formula is C15H14N2S. The summed E-state index contributed by atoms with van der Waals surface area (Å²) >= 11 is 1.76. The van der Waals surface area contributed by atoms with Crippen LogP contribution in [0.4, 0.5) is 0 Å². The average molecular weight is 254 g/mol. The van der Waals surface area contributed by atoms with Crippen molar-refractivity contribution < 1.29 is 0 Å². The second-order valence-electron chi connectivity index (χ2n) is 4.23. The minimum atomic E-state index is 0.395. The van der Waals surface area contributed by atoms with Gasteiger partial charge in [-0.15, -0.1) is 0 Å². The van der Waals surface area contributed by atoms with Crippen LogP contribution in [-0.2, 0) is 0 Å². The fourth-order valence-electron chi connectivity index (χ4n) is 1.94. The van der Waals surface area contributed by atoms with Gasteiger partial charge in [0, 0.05) is 5.25 Å². The molecule has 18 heavy (non-hydrogen) atoms. The van der Waals surface area contributed by atoms with Crippen LogP contribution in [0.5, 0.6) is 0 Å². The van der Waals surface area contributed by atoms with Crippen LogP contribution in [0, 0.1) is 0 Å². The molecule has 1 N–H and O–H groups in total. The Balaban J connectivity index is 1.84. The molecule has 0 unspecified atom stereocenters. The number of imidazole rings is 1. The van der Waals surface area contributed by atoms with Gasteiger partial charge in [-0.3, -0.25) is 0 Å². The van der Waals surface area contributed by atoms with Gasteiger partial charge in [0.15, 0.2) is 5.16 Å². The van der Waals surface area contributed by atoms with E-state index >= 15 is 0 Å².